The summed E-state index contributed by atoms with van der Waals surface area (Å²) in [5, 5.41) is 1.89. The first kappa shape index (κ1) is 9.47. The first-order chi connectivity index (χ1) is 6.74. The Morgan fingerprint density at radius 3 is 2.71 bits per heavy atom. The van der Waals surface area contributed by atoms with E-state index in [4.69, 9.17) is 11.6 Å². The van der Waals surface area contributed by atoms with Gasteiger partial charge in [-0.2, -0.15) is 0 Å². The van der Waals surface area contributed by atoms with E-state index in [1.54, 1.807) is 0 Å². The van der Waals surface area contributed by atoms with Crippen LogP contribution in [0.15, 0.2) is 24.3 Å². The highest BCUT2D eigenvalue weighted by molar-refractivity contribution is 6.36. The molecule has 0 spiro atoms. The van der Waals surface area contributed by atoms with Crippen molar-refractivity contribution in [1.29, 1.82) is 0 Å². The van der Waals surface area contributed by atoms with Gasteiger partial charge >= 0.3 is 0 Å². The molecule has 1 aromatic carbocycles. The molecule has 2 rings (SSSR count). The van der Waals surface area contributed by atoms with Crippen molar-refractivity contribution in [3.8, 4) is 0 Å². The SMILES string of the molecule is CCc1nc2ccccc2c(Cl)c1C. The van der Waals surface area contributed by atoms with E-state index in [-0.39, 0.29) is 0 Å². The lowest BCUT2D eigenvalue weighted by Gasteiger charge is -2.07. The number of halogens is 1. The second kappa shape index (κ2) is 3.58. The van der Waals surface area contributed by atoms with Crippen LogP contribution in [0.4, 0.5) is 0 Å². The molecule has 0 aliphatic carbocycles. The number of aryl methyl sites for hydroxylation is 1. The largest absolute Gasteiger partial charge is 0.252 e. The number of pyridine rings is 1. The number of rotatable bonds is 1. The second-order valence-electron chi connectivity index (χ2n) is 3.37. The third-order valence-corrected chi connectivity index (χ3v) is 2.98. The molecule has 0 saturated heterocycles. The van der Waals surface area contributed by atoms with E-state index in [0.717, 1.165) is 33.6 Å². The molecule has 72 valence electrons. The molecule has 0 fully saturated rings. The minimum atomic E-state index is 0.840. The highest BCUT2D eigenvalue weighted by Crippen LogP contribution is 2.27. The molecular formula is C12H12ClN. The fourth-order valence-electron chi connectivity index (χ4n) is 1.66. The van der Waals surface area contributed by atoms with Gasteiger partial charge in [0.15, 0.2) is 0 Å². The van der Waals surface area contributed by atoms with E-state index in [0.29, 0.717) is 0 Å². The molecule has 14 heavy (non-hydrogen) atoms. The number of hydrogen-bond acceptors (Lipinski definition) is 1. The van der Waals surface area contributed by atoms with Gasteiger partial charge in [0.2, 0.25) is 0 Å². The molecule has 0 bridgehead atoms. The lowest BCUT2D eigenvalue weighted by Crippen LogP contribution is -1.94. The zero-order chi connectivity index (χ0) is 10.1. The number of para-hydroxylation sites is 1. The monoisotopic (exact) mass is 205 g/mol. The van der Waals surface area contributed by atoms with Crippen molar-refractivity contribution in [2.75, 3.05) is 0 Å². The lowest BCUT2D eigenvalue weighted by atomic mass is 10.1. The summed E-state index contributed by atoms with van der Waals surface area (Å²) >= 11 is 6.27. The van der Waals surface area contributed by atoms with E-state index in [2.05, 4.69) is 11.9 Å². The third kappa shape index (κ3) is 1.38. The highest BCUT2D eigenvalue weighted by Gasteiger charge is 2.07. The van der Waals surface area contributed by atoms with Crippen LogP contribution >= 0.6 is 11.6 Å². The van der Waals surface area contributed by atoms with Gasteiger partial charge in [0.25, 0.3) is 0 Å². The topological polar surface area (TPSA) is 12.9 Å². The van der Waals surface area contributed by atoms with Crippen molar-refractivity contribution in [2.24, 2.45) is 0 Å². The van der Waals surface area contributed by atoms with Crippen LogP contribution in [0.2, 0.25) is 5.02 Å². The molecule has 0 N–H and O–H groups in total. The minimum Gasteiger partial charge on any atom is -0.252 e. The summed E-state index contributed by atoms with van der Waals surface area (Å²) in [6.45, 7) is 4.13. The van der Waals surface area contributed by atoms with Crippen LogP contribution in [0.25, 0.3) is 10.9 Å². The maximum atomic E-state index is 6.27. The van der Waals surface area contributed by atoms with Crippen molar-refractivity contribution in [3.05, 3.63) is 40.5 Å². The first-order valence-electron chi connectivity index (χ1n) is 4.77. The van der Waals surface area contributed by atoms with Crippen molar-refractivity contribution in [2.45, 2.75) is 20.3 Å². The average molecular weight is 206 g/mol. The number of fused-ring (bicyclic) bond motifs is 1. The van der Waals surface area contributed by atoms with Crippen LogP contribution < -0.4 is 0 Å². The van der Waals surface area contributed by atoms with Crippen LogP contribution in [0.3, 0.4) is 0 Å². The smallest absolute Gasteiger partial charge is 0.0720 e. The Kier molecular flexibility index (Phi) is 2.42. The minimum absolute atomic E-state index is 0.840. The molecular weight excluding hydrogens is 194 g/mol. The lowest BCUT2D eigenvalue weighted by molar-refractivity contribution is 1.03. The fraction of sp³-hybridized carbons (Fsp3) is 0.250. The molecule has 0 atom stereocenters. The zero-order valence-electron chi connectivity index (χ0n) is 8.34. The Morgan fingerprint density at radius 1 is 1.29 bits per heavy atom. The number of hydrogen-bond donors (Lipinski definition) is 0. The summed E-state index contributed by atoms with van der Waals surface area (Å²) < 4.78 is 0. The zero-order valence-corrected chi connectivity index (χ0v) is 9.10. The van der Waals surface area contributed by atoms with Gasteiger partial charge in [-0.25, -0.2) is 0 Å². The number of aromatic nitrogens is 1. The molecule has 1 heterocycles. The summed E-state index contributed by atoms with van der Waals surface area (Å²) in [4.78, 5) is 4.57. The standard InChI is InChI=1S/C12H12ClN/c1-3-10-8(2)12(13)9-6-4-5-7-11(9)14-10/h4-7H,3H2,1-2H3. The van der Waals surface area contributed by atoms with Crippen molar-refractivity contribution < 1.29 is 0 Å². The van der Waals surface area contributed by atoms with Gasteiger partial charge in [0.05, 0.1) is 10.5 Å². The average Bonchev–Trinajstić information content (AvgIpc) is 2.23. The fourth-order valence-corrected chi connectivity index (χ4v) is 1.93. The maximum Gasteiger partial charge on any atom is 0.0720 e. The quantitative estimate of drug-likeness (QED) is 0.691. The molecule has 1 aromatic heterocycles. The molecule has 0 radical (unpaired) electrons. The molecule has 2 heteroatoms. The van der Waals surface area contributed by atoms with Gasteiger partial charge in [-0.15, -0.1) is 0 Å². The molecule has 0 aliphatic rings. The summed E-state index contributed by atoms with van der Waals surface area (Å²) in [7, 11) is 0. The van der Waals surface area contributed by atoms with Gasteiger partial charge in [0, 0.05) is 11.1 Å². The van der Waals surface area contributed by atoms with Gasteiger partial charge in [-0.05, 0) is 25.0 Å². The molecule has 2 aromatic rings. The molecule has 0 saturated carbocycles. The number of nitrogens with zero attached hydrogens (tertiary/aromatic N) is 1. The van der Waals surface area contributed by atoms with E-state index in [1.165, 1.54) is 0 Å². The van der Waals surface area contributed by atoms with Crippen molar-refractivity contribution >= 4 is 22.5 Å². The van der Waals surface area contributed by atoms with Gasteiger partial charge in [-0.1, -0.05) is 36.7 Å². The van der Waals surface area contributed by atoms with Crippen molar-refractivity contribution in [1.82, 2.24) is 4.98 Å². The Balaban J connectivity index is 2.85. The summed E-state index contributed by atoms with van der Waals surface area (Å²) in [6, 6.07) is 7.98. The van der Waals surface area contributed by atoms with Crippen molar-refractivity contribution in [3.63, 3.8) is 0 Å². The summed E-state index contributed by atoms with van der Waals surface area (Å²) in [5.41, 5.74) is 3.18. The van der Waals surface area contributed by atoms with E-state index in [1.807, 2.05) is 31.2 Å². The Bertz CT molecular complexity index is 477. The van der Waals surface area contributed by atoms with Crippen LogP contribution in [-0.2, 0) is 6.42 Å². The Morgan fingerprint density at radius 2 is 2.00 bits per heavy atom. The molecule has 0 aliphatic heterocycles. The third-order valence-electron chi connectivity index (χ3n) is 2.49. The highest BCUT2D eigenvalue weighted by atomic mass is 35.5. The summed E-state index contributed by atoms with van der Waals surface area (Å²) in [6.07, 6.45) is 0.927. The number of benzene rings is 1. The second-order valence-corrected chi connectivity index (χ2v) is 3.75. The molecule has 0 unspecified atom stereocenters. The van der Waals surface area contributed by atoms with E-state index in [9.17, 15) is 0 Å². The molecule has 1 nitrogen and oxygen atoms in total. The van der Waals surface area contributed by atoms with Gasteiger partial charge < -0.3 is 0 Å². The van der Waals surface area contributed by atoms with Gasteiger partial charge in [0.1, 0.15) is 0 Å². The van der Waals surface area contributed by atoms with Crippen LogP contribution in [-0.4, -0.2) is 4.98 Å². The van der Waals surface area contributed by atoms with Crippen LogP contribution in [0.5, 0.6) is 0 Å². The predicted octanol–water partition coefficient (Wildman–Crippen LogP) is 3.76. The normalized spacial score (nSPS) is 10.8. The first-order valence-corrected chi connectivity index (χ1v) is 5.15. The maximum absolute atomic E-state index is 6.27. The van der Waals surface area contributed by atoms with Crippen LogP contribution in [0.1, 0.15) is 18.2 Å². The summed E-state index contributed by atoms with van der Waals surface area (Å²) in [5.74, 6) is 0. The van der Waals surface area contributed by atoms with E-state index < -0.39 is 0 Å². The Hall–Kier alpha value is -1.08. The van der Waals surface area contributed by atoms with Crippen LogP contribution in [0, 0.1) is 6.92 Å². The molecule has 0 amide bonds. The predicted molar refractivity (Wildman–Crippen MR) is 60.9 cm³/mol. The van der Waals surface area contributed by atoms with E-state index >= 15 is 0 Å². The van der Waals surface area contributed by atoms with Gasteiger partial charge in [-0.3, -0.25) is 4.98 Å². The Labute approximate surface area is 88.7 Å².